The van der Waals surface area contributed by atoms with Gasteiger partial charge in [0.1, 0.15) is 41.2 Å². The average Bonchev–Trinajstić information content (AvgIpc) is 1.52. The largest absolute Gasteiger partial charge is 0.478 e. The number of allylic oxidation sites excluding steroid dienone is 2. The minimum Gasteiger partial charge on any atom is -0.478 e. The first-order valence-corrected chi connectivity index (χ1v) is 44.6. The second-order valence-corrected chi connectivity index (χ2v) is 42.4. The normalized spacial score (nSPS) is 46.0. The van der Waals surface area contributed by atoms with Gasteiger partial charge < -0.3 is 85.0 Å². The number of ether oxygens (including phenoxy) is 5. The van der Waals surface area contributed by atoms with Crippen molar-refractivity contribution in [2.45, 2.75) is 378 Å². The van der Waals surface area contributed by atoms with Crippen LogP contribution < -0.4 is 0 Å². The lowest BCUT2D eigenvalue weighted by molar-refractivity contribution is -0.309. The van der Waals surface area contributed by atoms with Crippen molar-refractivity contribution in [2.24, 2.45) is 86.3 Å². The van der Waals surface area contributed by atoms with E-state index in [9.17, 15) is 75.0 Å². The average molecular weight is 1650 g/mol. The Balaban J connectivity index is 0.000000141. The zero-order valence-electron chi connectivity index (χ0n) is 73.3. The molecular formula is C96H146O22. The molecule has 4 saturated heterocycles. The molecule has 0 aromatic heterocycles. The van der Waals surface area contributed by atoms with Crippen molar-refractivity contribution in [2.75, 3.05) is 6.61 Å². The molecule has 22 heteroatoms. The van der Waals surface area contributed by atoms with E-state index in [-0.39, 0.29) is 68.9 Å². The third-order valence-corrected chi connectivity index (χ3v) is 33.8. The van der Waals surface area contributed by atoms with Crippen LogP contribution in [0.4, 0.5) is 0 Å². The molecule has 22 nitrogen and oxygen atoms in total. The SMILES string of the molecule is C=C(C(=O)O)[C@@H]1CC[C@@]2(C)CCCC(C)(O)C2C1.C=C1C(=O)OC23CC(C)CCC2C(C)(O)CCC13.C=C1C(=O)O[C@H]2C3=C(C)CCC[C@]3(C)CC[C@@]12O.C=C1CC(O)C[C@]2(C)CC[C@@H](C(=C)C(=O)O)CC12.C=C1CCC[C@]2(C)CC[C@@H](C(C)(C)O)CC12.CC1=C2C3OC(=O)[C@@H](C)C3(O)CC[C@@]2(C)CC[C@H]1O[C@H]1OC(CO)C(O)C(O)C1O. The van der Waals surface area contributed by atoms with Gasteiger partial charge in [0, 0.05) is 28.6 Å². The Kier molecular flexibility index (Phi) is 27.2. The lowest BCUT2D eigenvalue weighted by Gasteiger charge is -2.54. The molecule has 4 heterocycles. The van der Waals surface area contributed by atoms with E-state index in [0.717, 1.165) is 157 Å². The fourth-order valence-corrected chi connectivity index (χ4v) is 26.1. The van der Waals surface area contributed by atoms with Gasteiger partial charge in [-0.2, -0.15) is 0 Å². The third-order valence-electron chi connectivity index (χ3n) is 33.8. The summed E-state index contributed by atoms with van der Waals surface area (Å²) >= 11 is 0. The molecule has 0 aromatic rings. The Morgan fingerprint density at radius 1 is 0.568 bits per heavy atom. The van der Waals surface area contributed by atoms with Crippen molar-refractivity contribution in [3.8, 4) is 0 Å². The third kappa shape index (κ3) is 17.7. The van der Waals surface area contributed by atoms with Crippen LogP contribution in [-0.4, -0.2) is 186 Å². The Morgan fingerprint density at radius 3 is 1.81 bits per heavy atom. The Labute approximate surface area is 701 Å². The van der Waals surface area contributed by atoms with Gasteiger partial charge in [0.05, 0.1) is 47.1 Å². The van der Waals surface area contributed by atoms with Crippen LogP contribution in [0.15, 0.2) is 95.2 Å². The van der Waals surface area contributed by atoms with Gasteiger partial charge in [-0.1, -0.05) is 111 Å². The standard InChI is InChI=1S/C21H32O9.C15H22O3.C15H20O3.C15H24O3.C15H22O3.C15H26O/c1-9-11(28-19-16(25)15(24)14(23)12(8-22)29-19)4-5-20(3)6-7-21(27)10(2)18(26)30-17(21)13(9)20;1-9-4-5-12-14(3,17)7-6-11-10(2)13(16)18-15(11,12)8-9;1-9-5-4-6-14(3)7-8-15(17)10(2)13(16)18-12(15)11(9)14;1-10(13(16)17)11-5-8-14(2)6-4-7-15(3,18)12(14)9-11;1-9-6-12(16)8-15(3)5-4-11(7-13(9)15)10(2)14(17)18;1-11-6-5-8-15(4)9-7-12(10-13(11)15)14(2,3)16/h10-12,14-17,19,22-25,27H,4-8H2,1-3H3;9,11-12,17H,2,4-8H2,1,3H3;12,17H,2,4-8H2,1,3H3;11-12,18H,1,4-9H2,2-3H3,(H,16,17);11-13,16H,1-2,4-8H2,3H3,(H,17,18);12-13,16H,1,5-10H2,2-4H3/t10-,11-,12?,14?,15?,16?,17?,19+,20-,21?;;12-,14+,15+;11-,12?,14-,15?;11-,12?,13?,15+;12-,13?,15-/m1.0111/s1. The topological polar surface area (TPSA) is 374 Å². The smallest absolute Gasteiger partial charge is 0.337 e. The molecule has 118 heavy (non-hydrogen) atoms. The van der Waals surface area contributed by atoms with Gasteiger partial charge in [-0.15, -0.1) is 0 Å². The molecule has 16 unspecified atom stereocenters. The van der Waals surface area contributed by atoms with E-state index in [1.165, 1.54) is 49.7 Å². The lowest BCUT2D eigenvalue weighted by atomic mass is 9.53. The first-order valence-electron chi connectivity index (χ1n) is 44.6. The Bertz CT molecular complexity index is 3950. The van der Waals surface area contributed by atoms with E-state index in [2.05, 4.69) is 87.9 Å². The second kappa shape index (κ2) is 34.4. The highest BCUT2D eigenvalue weighted by atomic mass is 16.7. The van der Waals surface area contributed by atoms with Crippen LogP contribution in [0.2, 0.25) is 0 Å². The molecule has 1 spiro atoms. The highest BCUT2D eigenvalue weighted by Gasteiger charge is 2.67. The number of fused-ring (bicyclic) bond motifs is 9. The summed E-state index contributed by atoms with van der Waals surface area (Å²) in [6.45, 7) is 49.7. The van der Waals surface area contributed by atoms with Crippen molar-refractivity contribution in [3.63, 3.8) is 0 Å². The summed E-state index contributed by atoms with van der Waals surface area (Å²) in [5.74, 6) is -0.979. The van der Waals surface area contributed by atoms with Crippen LogP contribution in [0.3, 0.4) is 0 Å². The fraction of sp³-hybridized carbons (Fsp3) is 0.781. The first-order chi connectivity index (χ1) is 54.7. The summed E-state index contributed by atoms with van der Waals surface area (Å²) in [4.78, 5) is 57.9. The van der Waals surface area contributed by atoms with Crippen LogP contribution in [0, 0.1) is 86.3 Å². The van der Waals surface area contributed by atoms with Gasteiger partial charge >= 0.3 is 29.8 Å². The molecule has 16 rings (SSSR count). The van der Waals surface area contributed by atoms with E-state index in [1.807, 2.05) is 34.6 Å². The molecule has 16 aliphatic rings. The van der Waals surface area contributed by atoms with Crippen molar-refractivity contribution in [1.29, 1.82) is 0 Å². The molecular weight excluding hydrogens is 1510 g/mol. The highest BCUT2D eigenvalue weighted by molar-refractivity contribution is 5.94. The minimum atomic E-state index is -1.51. The van der Waals surface area contributed by atoms with Crippen LogP contribution in [-0.2, 0) is 47.7 Å². The van der Waals surface area contributed by atoms with Crippen molar-refractivity contribution in [3.05, 3.63) is 95.2 Å². The van der Waals surface area contributed by atoms with Crippen LogP contribution in [0.25, 0.3) is 0 Å². The van der Waals surface area contributed by atoms with Gasteiger partial charge in [-0.3, -0.25) is 4.79 Å². The molecule has 14 fully saturated rings. The number of aliphatic hydroxyl groups is 10. The highest BCUT2D eigenvalue weighted by Crippen LogP contribution is 2.64. The summed E-state index contributed by atoms with van der Waals surface area (Å²) in [6, 6.07) is 0. The summed E-state index contributed by atoms with van der Waals surface area (Å²) in [7, 11) is 0. The maximum atomic E-state index is 12.2. The van der Waals surface area contributed by atoms with Gasteiger partial charge in [0.15, 0.2) is 18.5 Å². The number of carboxylic acids is 2. The quantitative estimate of drug-likeness (QED) is 0.0465. The number of carboxylic acid groups (broad SMARTS) is 2. The molecule has 0 bridgehead atoms. The number of rotatable bonds is 8. The molecule has 0 aromatic carbocycles. The second-order valence-electron chi connectivity index (χ2n) is 42.4. The number of carbonyl (C=O) groups excluding carboxylic acids is 3. The number of carbonyl (C=O) groups is 5. The molecule has 4 aliphatic heterocycles. The lowest BCUT2D eigenvalue weighted by Crippen LogP contribution is -2.60. The predicted molar refractivity (Wildman–Crippen MR) is 446 cm³/mol. The number of aliphatic hydroxyl groups excluding tert-OH is 5. The molecule has 12 aliphatic carbocycles. The molecule has 29 atom stereocenters. The van der Waals surface area contributed by atoms with Crippen LogP contribution in [0.1, 0.15) is 289 Å². The summed E-state index contributed by atoms with van der Waals surface area (Å²) in [5, 5.41) is 121. The summed E-state index contributed by atoms with van der Waals surface area (Å²) in [5.41, 5.74) is 4.01. The van der Waals surface area contributed by atoms with Crippen molar-refractivity contribution in [1.82, 2.24) is 0 Å². The predicted octanol–water partition coefficient (Wildman–Crippen LogP) is 14.0. The van der Waals surface area contributed by atoms with Crippen LogP contribution in [0.5, 0.6) is 0 Å². The number of hydrogen-bond donors (Lipinski definition) is 12. The monoisotopic (exact) mass is 1650 g/mol. The van der Waals surface area contributed by atoms with Crippen LogP contribution >= 0.6 is 0 Å². The fourth-order valence-electron chi connectivity index (χ4n) is 26.1. The molecule has 10 saturated carbocycles. The van der Waals surface area contributed by atoms with Gasteiger partial charge in [-0.25, -0.2) is 19.2 Å². The van der Waals surface area contributed by atoms with E-state index >= 15 is 0 Å². The number of hydrogen-bond acceptors (Lipinski definition) is 20. The molecule has 0 amide bonds. The van der Waals surface area contributed by atoms with E-state index < -0.39 is 119 Å². The van der Waals surface area contributed by atoms with Crippen molar-refractivity contribution < 1.29 is 109 Å². The number of aliphatic carboxylic acids is 2. The maximum absolute atomic E-state index is 12.2. The molecule has 662 valence electrons. The summed E-state index contributed by atoms with van der Waals surface area (Å²) < 4.78 is 28.3. The van der Waals surface area contributed by atoms with Crippen molar-refractivity contribution >= 4 is 29.8 Å². The Morgan fingerprint density at radius 2 is 1.16 bits per heavy atom. The van der Waals surface area contributed by atoms with Gasteiger partial charge in [0.2, 0.25) is 0 Å². The first kappa shape index (κ1) is 93.5. The summed E-state index contributed by atoms with van der Waals surface area (Å²) in [6.07, 6.45) is 20.5. The molecule has 0 radical (unpaired) electrons. The maximum Gasteiger partial charge on any atom is 0.337 e. The Hall–Kier alpha value is -5.21. The number of esters is 3. The molecule has 12 N–H and O–H groups in total. The zero-order chi connectivity index (χ0) is 87.3. The van der Waals surface area contributed by atoms with Gasteiger partial charge in [-0.05, 0) is 320 Å². The van der Waals surface area contributed by atoms with E-state index in [1.54, 1.807) is 6.92 Å². The van der Waals surface area contributed by atoms with Gasteiger partial charge in [0.25, 0.3) is 0 Å². The van der Waals surface area contributed by atoms with E-state index in [0.29, 0.717) is 71.5 Å². The zero-order valence-corrected chi connectivity index (χ0v) is 73.3. The minimum absolute atomic E-state index is 0.0325. The van der Waals surface area contributed by atoms with E-state index in [4.69, 9.17) is 33.9 Å².